The molecule has 80 valence electrons. The fourth-order valence-electron chi connectivity index (χ4n) is 1.94. The van der Waals surface area contributed by atoms with Crippen molar-refractivity contribution >= 4 is 5.97 Å². The Labute approximate surface area is 89.9 Å². The number of benzene rings is 1. The highest BCUT2D eigenvalue weighted by Gasteiger charge is 2.20. The summed E-state index contributed by atoms with van der Waals surface area (Å²) in [4.78, 5) is 10.8. The van der Waals surface area contributed by atoms with Crippen LogP contribution in [-0.2, 0) is 4.79 Å². The van der Waals surface area contributed by atoms with Gasteiger partial charge < -0.3 is 5.11 Å². The first-order valence-corrected chi connectivity index (χ1v) is 5.51. The zero-order valence-corrected chi connectivity index (χ0v) is 8.94. The maximum absolute atomic E-state index is 10.8. The molecule has 1 aromatic carbocycles. The Morgan fingerprint density at radius 1 is 1.33 bits per heavy atom. The van der Waals surface area contributed by atoms with E-state index in [4.69, 9.17) is 5.11 Å². The van der Waals surface area contributed by atoms with Crippen molar-refractivity contribution in [2.45, 2.75) is 38.0 Å². The van der Waals surface area contributed by atoms with Gasteiger partial charge >= 0.3 is 5.97 Å². The summed E-state index contributed by atoms with van der Waals surface area (Å²) in [6, 6.07) is 8.07. The van der Waals surface area contributed by atoms with Crippen LogP contribution < -0.4 is 0 Å². The van der Waals surface area contributed by atoms with Gasteiger partial charge in [0, 0.05) is 0 Å². The molecule has 0 heterocycles. The Morgan fingerprint density at radius 3 is 2.33 bits per heavy atom. The molecule has 0 amide bonds. The van der Waals surface area contributed by atoms with Crippen LogP contribution in [0.15, 0.2) is 24.3 Å². The number of carbonyl (C=O) groups is 1. The molecule has 0 aliphatic heterocycles. The third kappa shape index (κ3) is 2.04. The zero-order chi connectivity index (χ0) is 10.8. The maximum Gasteiger partial charge on any atom is 0.310 e. The molecule has 0 unspecified atom stereocenters. The molecule has 2 rings (SSSR count). The average Bonchev–Trinajstić information content (AvgIpc) is 2.15. The van der Waals surface area contributed by atoms with Crippen LogP contribution >= 0.6 is 0 Å². The Hall–Kier alpha value is -1.31. The fourth-order valence-corrected chi connectivity index (χ4v) is 1.94. The van der Waals surface area contributed by atoms with Gasteiger partial charge in [-0.25, -0.2) is 0 Å². The molecule has 0 spiro atoms. The predicted molar refractivity (Wildman–Crippen MR) is 59.1 cm³/mol. The van der Waals surface area contributed by atoms with Crippen molar-refractivity contribution in [3.8, 4) is 0 Å². The van der Waals surface area contributed by atoms with Crippen molar-refractivity contribution in [1.82, 2.24) is 0 Å². The molecule has 1 aliphatic rings. The lowest BCUT2D eigenvalue weighted by Gasteiger charge is -2.26. The molecule has 2 nitrogen and oxygen atoms in total. The van der Waals surface area contributed by atoms with Crippen LogP contribution in [0.1, 0.15) is 49.1 Å². The van der Waals surface area contributed by atoms with Gasteiger partial charge in [-0.05, 0) is 36.8 Å². The second kappa shape index (κ2) is 4.05. The largest absolute Gasteiger partial charge is 0.481 e. The molecular formula is C13H16O2. The van der Waals surface area contributed by atoms with E-state index in [9.17, 15) is 4.79 Å². The van der Waals surface area contributed by atoms with E-state index in [0.717, 1.165) is 11.5 Å². The average molecular weight is 204 g/mol. The van der Waals surface area contributed by atoms with Crippen molar-refractivity contribution in [2.75, 3.05) is 0 Å². The fraction of sp³-hybridized carbons (Fsp3) is 0.462. The summed E-state index contributed by atoms with van der Waals surface area (Å²) in [6.07, 6.45) is 3.90. The van der Waals surface area contributed by atoms with Gasteiger partial charge in [0.25, 0.3) is 0 Å². The van der Waals surface area contributed by atoms with E-state index in [1.54, 1.807) is 6.92 Å². The highest BCUT2D eigenvalue weighted by molar-refractivity contribution is 5.75. The Kier molecular flexibility index (Phi) is 2.76. The summed E-state index contributed by atoms with van der Waals surface area (Å²) in [6.45, 7) is 1.72. The van der Waals surface area contributed by atoms with Crippen LogP contribution in [0.2, 0.25) is 0 Å². The molecule has 1 fully saturated rings. The summed E-state index contributed by atoms with van der Waals surface area (Å²) in [5.41, 5.74) is 2.26. The van der Waals surface area contributed by atoms with Crippen molar-refractivity contribution in [3.63, 3.8) is 0 Å². The highest BCUT2D eigenvalue weighted by Crippen LogP contribution is 2.36. The van der Waals surface area contributed by atoms with E-state index in [0.29, 0.717) is 0 Å². The van der Waals surface area contributed by atoms with Gasteiger partial charge in [-0.15, -0.1) is 0 Å². The van der Waals surface area contributed by atoms with E-state index >= 15 is 0 Å². The smallest absolute Gasteiger partial charge is 0.310 e. The Bertz CT molecular complexity index is 349. The molecule has 1 atom stereocenters. The first-order chi connectivity index (χ1) is 7.18. The predicted octanol–water partition coefficient (Wildman–Crippen LogP) is 3.14. The van der Waals surface area contributed by atoms with Crippen LogP contribution in [0.4, 0.5) is 0 Å². The summed E-state index contributed by atoms with van der Waals surface area (Å²) in [7, 11) is 0. The van der Waals surface area contributed by atoms with Gasteiger partial charge in [-0.3, -0.25) is 4.79 Å². The van der Waals surface area contributed by atoms with Gasteiger partial charge in [-0.1, -0.05) is 30.7 Å². The van der Waals surface area contributed by atoms with Crippen molar-refractivity contribution < 1.29 is 9.90 Å². The van der Waals surface area contributed by atoms with Crippen molar-refractivity contribution in [3.05, 3.63) is 35.4 Å². The van der Waals surface area contributed by atoms with Gasteiger partial charge in [0.2, 0.25) is 0 Å². The van der Waals surface area contributed by atoms with E-state index in [1.807, 2.05) is 12.1 Å². The third-order valence-electron chi connectivity index (χ3n) is 3.38. The first-order valence-electron chi connectivity index (χ1n) is 5.51. The quantitative estimate of drug-likeness (QED) is 0.821. The number of rotatable bonds is 3. The number of aliphatic carboxylic acids is 1. The second-order valence-electron chi connectivity index (χ2n) is 4.35. The molecule has 1 saturated carbocycles. The maximum atomic E-state index is 10.8. The molecule has 2 heteroatoms. The summed E-state index contributed by atoms with van der Waals surface area (Å²) >= 11 is 0. The van der Waals surface area contributed by atoms with E-state index in [2.05, 4.69) is 12.1 Å². The molecule has 0 radical (unpaired) electrons. The summed E-state index contributed by atoms with van der Waals surface area (Å²) in [5, 5.41) is 8.87. The number of hydrogen-bond acceptors (Lipinski definition) is 1. The Balaban J connectivity index is 2.12. The van der Waals surface area contributed by atoms with E-state index in [-0.39, 0.29) is 0 Å². The van der Waals surface area contributed by atoms with Crippen molar-refractivity contribution in [1.29, 1.82) is 0 Å². The highest BCUT2D eigenvalue weighted by atomic mass is 16.4. The first kappa shape index (κ1) is 10.2. The third-order valence-corrected chi connectivity index (χ3v) is 3.38. The van der Waals surface area contributed by atoms with Crippen LogP contribution in [0.25, 0.3) is 0 Å². The minimum atomic E-state index is -0.758. The topological polar surface area (TPSA) is 37.3 Å². The standard InChI is InChI=1S/C13H16O2/c1-9(13(14)15)10-5-7-12(8-6-10)11-3-2-4-11/h5-9,11H,2-4H2,1H3,(H,14,15)/t9-/m1/s1. The number of carboxylic acids is 1. The molecule has 0 aromatic heterocycles. The number of hydrogen-bond donors (Lipinski definition) is 1. The zero-order valence-electron chi connectivity index (χ0n) is 8.94. The monoisotopic (exact) mass is 204 g/mol. The molecule has 1 N–H and O–H groups in total. The lowest BCUT2D eigenvalue weighted by atomic mass is 9.79. The normalized spacial score (nSPS) is 18.2. The van der Waals surface area contributed by atoms with E-state index in [1.165, 1.54) is 24.8 Å². The van der Waals surface area contributed by atoms with Crippen LogP contribution in [0.3, 0.4) is 0 Å². The van der Waals surface area contributed by atoms with Crippen LogP contribution in [0.5, 0.6) is 0 Å². The SMILES string of the molecule is C[C@@H](C(=O)O)c1ccc(C2CCC2)cc1. The van der Waals surface area contributed by atoms with Gasteiger partial charge in [-0.2, -0.15) is 0 Å². The summed E-state index contributed by atoms with van der Waals surface area (Å²) in [5.74, 6) is -0.439. The number of carboxylic acid groups (broad SMARTS) is 1. The molecular weight excluding hydrogens is 188 g/mol. The van der Waals surface area contributed by atoms with Crippen LogP contribution in [-0.4, -0.2) is 11.1 Å². The van der Waals surface area contributed by atoms with Gasteiger partial charge in [0.05, 0.1) is 5.92 Å². The molecule has 15 heavy (non-hydrogen) atoms. The summed E-state index contributed by atoms with van der Waals surface area (Å²) < 4.78 is 0. The van der Waals surface area contributed by atoms with Gasteiger partial charge in [0.15, 0.2) is 0 Å². The molecule has 0 saturated heterocycles. The molecule has 1 aliphatic carbocycles. The van der Waals surface area contributed by atoms with E-state index < -0.39 is 11.9 Å². The molecule has 0 bridgehead atoms. The lowest BCUT2D eigenvalue weighted by molar-refractivity contribution is -0.138. The lowest BCUT2D eigenvalue weighted by Crippen LogP contribution is -2.10. The second-order valence-corrected chi connectivity index (χ2v) is 4.35. The van der Waals surface area contributed by atoms with Gasteiger partial charge in [0.1, 0.15) is 0 Å². The Morgan fingerprint density at radius 2 is 1.93 bits per heavy atom. The molecule has 1 aromatic rings. The minimum absolute atomic E-state index is 0.402. The van der Waals surface area contributed by atoms with Crippen molar-refractivity contribution in [2.24, 2.45) is 0 Å². The minimum Gasteiger partial charge on any atom is -0.481 e. The van der Waals surface area contributed by atoms with Crippen LogP contribution in [0, 0.1) is 0 Å².